The fraction of sp³-hybridized carbons (Fsp3) is 0.400. The van der Waals surface area contributed by atoms with Crippen LogP contribution in [0, 0.1) is 12.8 Å². The van der Waals surface area contributed by atoms with Gasteiger partial charge in [-0.25, -0.2) is 4.68 Å². The van der Waals surface area contributed by atoms with Crippen molar-refractivity contribution in [3.05, 3.63) is 47.9 Å². The topological polar surface area (TPSA) is 89.9 Å². The molecule has 0 spiro atoms. The first-order chi connectivity index (χ1) is 12.9. The van der Waals surface area contributed by atoms with Gasteiger partial charge in [-0.05, 0) is 31.4 Å². The molecule has 0 aliphatic carbocycles. The molecule has 1 amide bonds. The highest BCUT2D eigenvalue weighted by atomic mass is 35.5. The largest absolute Gasteiger partial charge is 0.340 e. The van der Waals surface area contributed by atoms with Crippen LogP contribution in [-0.2, 0) is 0 Å². The van der Waals surface area contributed by atoms with Gasteiger partial charge in [-0.15, -0.1) is 29.9 Å². The van der Waals surface area contributed by atoms with Gasteiger partial charge in [0.25, 0.3) is 5.91 Å². The second kappa shape index (κ2) is 10.5. The first-order valence-corrected chi connectivity index (χ1v) is 9.17. The predicted molar refractivity (Wildman–Crippen MR) is 120 cm³/mol. The van der Waals surface area contributed by atoms with E-state index in [0.29, 0.717) is 23.9 Å². The molecule has 0 aliphatic rings. The molecule has 0 saturated heterocycles. The van der Waals surface area contributed by atoms with Crippen LogP contribution in [-0.4, -0.2) is 50.4 Å². The first-order valence-electron chi connectivity index (χ1n) is 9.17. The van der Waals surface area contributed by atoms with Crippen molar-refractivity contribution >= 4 is 41.6 Å². The van der Waals surface area contributed by atoms with E-state index < -0.39 is 0 Å². The van der Waals surface area contributed by atoms with Crippen LogP contribution in [0.5, 0.6) is 0 Å². The molecule has 0 bridgehead atoms. The van der Waals surface area contributed by atoms with E-state index in [1.807, 2.05) is 37.3 Å². The minimum absolute atomic E-state index is 0. The summed E-state index contributed by atoms with van der Waals surface area (Å²) in [6.07, 6.45) is 2.50. The average Bonchev–Trinajstić information content (AvgIpc) is 3.05. The lowest BCUT2D eigenvalue weighted by molar-refractivity contribution is 0.0782. The Morgan fingerprint density at radius 3 is 2.59 bits per heavy atom. The molecule has 3 rings (SSSR count). The summed E-state index contributed by atoms with van der Waals surface area (Å²) in [5.74, 6) is 0.234. The van der Waals surface area contributed by atoms with Gasteiger partial charge in [0, 0.05) is 31.2 Å². The van der Waals surface area contributed by atoms with Gasteiger partial charge >= 0.3 is 0 Å². The Morgan fingerprint density at radius 1 is 1.21 bits per heavy atom. The van der Waals surface area contributed by atoms with Crippen molar-refractivity contribution in [2.24, 2.45) is 11.7 Å². The third-order valence-corrected chi connectivity index (χ3v) is 4.94. The van der Waals surface area contributed by atoms with Crippen molar-refractivity contribution in [2.45, 2.75) is 33.2 Å². The summed E-state index contributed by atoms with van der Waals surface area (Å²) in [4.78, 5) is 18.9. The summed E-state index contributed by atoms with van der Waals surface area (Å²) in [6, 6.07) is 9.83. The zero-order valence-electron chi connectivity index (χ0n) is 17.1. The van der Waals surface area contributed by atoms with Crippen LogP contribution in [0.25, 0.3) is 16.6 Å². The van der Waals surface area contributed by atoms with Gasteiger partial charge < -0.3 is 10.6 Å². The van der Waals surface area contributed by atoms with Crippen molar-refractivity contribution in [1.82, 2.24) is 24.9 Å². The molecule has 1 unspecified atom stereocenters. The molecule has 2 aromatic heterocycles. The number of aromatic nitrogens is 4. The molecule has 2 heterocycles. The third-order valence-electron chi connectivity index (χ3n) is 4.94. The molecule has 0 fully saturated rings. The number of amides is 1. The number of nitrogens with zero attached hydrogens (tertiary/aromatic N) is 5. The van der Waals surface area contributed by atoms with Crippen LogP contribution in [0.2, 0.25) is 0 Å². The lowest BCUT2D eigenvalue weighted by Gasteiger charge is -2.21. The van der Waals surface area contributed by atoms with Gasteiger partial charge in [0.1, 0.15) is 0 Å². The summed E-state index contributed by atoms with van der Waals surface area (Å²) in [7, 11) is 1.77. The summed E-state index contributed by atoms with van der Waals surface area (Å²) in [6.45, 7) is 6.60. The van der Waals surface area contributed by atoms with Gasteiger partial charge in [-0.2, -0.15) is 0 Å². The van der Waals surface area contributed by atoms with Crippen LogP contribution in [0.3, 0.4) is 0 Å². The number of pyridine rings is 1. The van der Waals surface area contributed by atoms with E-state index in [0.717, 1.165) is 23.0 Å². The molecule has 3 aromatic rings. The van der Waals surface area contributed by atoms with Gasteiger partial charge in [-0.3, -0.25) is 9.78 Å². The second-order valence-corrected chi connectivity index (χ2v) is 7.21. The number of hydrogen-bond acceptors (Lipinski definition) is 5. The molecule has 7 nitrogen and oxygen atoms in total. The van der Waals surface area contributed by atoms with Gasteiger partial charge in [0.15, 0.2) is 5.69 Å². The van der Waals surface area contributed by atoms with Crippen LogP contribution in [0.1, 0.15) is 36.5 Å². The molecule has 0 saturated carbocycles. The van der Waals surface area contributed by atoms with Crippen molar-refractivity contribution in [2.75, 3.05) is 13.6 Å². The Morgan fingerprint density at radius 2 is 1.90 bits per heavy atom. The summed E-state index contributed by atoms with van der Waals surface area (Å²) >= 11 is 0. The molecule has 158 valence electrons. The fourth-order valence-electron chi connectivity index (χ4n) is 2.97. The van der Waals surface area contributed by atoms with E-state index in [1.165, 1.54) is 0 Å². The normalized spacial score (nSPS) is 11.7. The number of halogens is 2. The molecular formula is C20H28Cl2N6O. The molecule has 29 heavy (non-hydrogen) atoms. The average molecular weight is 439 g/mol. The number of fused-ring (bicyclic) bond motifs is 1. The van der Waals surface area contributed by atoms with Gasteiger partial charge in [0.2, 0.25) is 0 Å². The number of para-hydroxylation sites is 1. The molecule has 1 aromatic carbocycles. The maximum absolute atomic E-state index is 12.8. The molecule has 0 aliphatic heterocycles. The molecular weight excluding hydrogens is 411 g/mol. The number of rotatable bonds is 6. The number of carbonyl (C=O) groups is 1. The third kappa shape index (κ3) is 5.23. The number of hydrogen-bond donors (Lipinski definition) is 1. The van der Waals surface area contributed by atoms with E-state index >= 15 is 0 Å². The Kier molecular flexibility index (Phi) is 9.01. The lowest BCUT2D eigenvalue weighted by Crippen LogP contribution is -2.35. The smallest absolute Gasteiger partial charge is 0.276 e. The summed E-state index contributed by atoms with van der Waals surface area (Å²) in [5, 5.41) is 9.37. The Balaban J connectivity index is 0.00000210. The van der Waals surface area contributed by atoms with E-state index in [1.54, 1.807) is 22.8 Å². The Hall–Kier alpha value is -2.22. The maximum Gasteiger partial charge on any atom is 0.276 e. The zero-order chi connectivity index (χ0) is 19.6. The summed E-state index contributed by atoms with van der Waals surface area (Å²) in [5.41, 5.74) is 8.76. The van der Waals surface area contributed by atoms with E-state index in [2.05, 4.69) is 29.1 Å². The monoisotopic (exact) mass is 438 g/mol. The fourth-order valence-corrected chi connectivity index (χ4v) is 2.97. The van der Waals surface area contributed by atoms with Crippen LogP contribution < -0.4 is 5.73 Å². The highest BCUT2D eigenvalue weighted by molar-refractivity contribution is 5.93. The van der Waals surface area contributed by atoms with E-state index in [9.17, 15) is 4.79 Å². The zero-order valence-corrected chi connectivity index (χ0v) is 18.7. The lowest BCUT2D eigenvalue weighted by atomic mass is 10.0. The number of nitrogens with two attached hydrogens (primary N) is 1. The highest BCUT2D eigenvalue weighted by Gasteiger charge is 2.22. The minimum Gasteiger partial charge on any atom is -0.340 e. The number of carbonyl (C=O) groups excluding carboxylic acids is 1. The standard InChI is InChI=1S/C20H26N6O.2ClH/c1-13(2)16(21)10-12-25(4)20(27)18-14(3)26(24-23-18)17-9-5-7-15-8-6-11-22-19(15)17;;/h5-9,11,13,16H,10,12,21H2,1-4H3;2*1H. The Bertz CT molecular complexity index is 954. The van der Waals surface area contributed by atoms with Crippen molar-refractivity contribution in [1.29, 1.82) is 0 Å². The molecule has 9 heteroatoms. The minimum atomic E-state index is -0.150. The van der Waals surface area contributed by atoms with Gasteiger partial charge in [0.05, 0.1) is 16.9 Å². The first kappa shape index (κ1) is 24.8. The van der Waals surface area contributed by atoms with Crippen molar-refractivity contribution < 1.29 is 4.79 Å². The quantitative estimate of drug-likeness (QED) is 0.636. The van der Waals surface area contributed by atoms with Crippen LogP contribution >= 0.6 is 24.8 Å². The number of benzene rings is 1. The van der Waals surface area contributed by atoms with E-state index in [4.69, 9.17) is 5.73 Å². The SMILES string of the molecule is Cc1c(C(=O)N(C)CCC(N)C(C)C)nnn1-c1cccc2cccnc12.Cl.Cl. The van der Waals surface area contributed by atoms with Gasteiger partial charge in [-0.1, -0.05) is 37.3 Å². The predicted octanol–water partition coefficient (Wildman–Crippen LogP) is 3.41. The van der Waals surface area contributed by atoms with Crippen molar-refractivity contribution in [3.8, 4) is 5.69 Å². The van der Waals surface area contributed by atoms with Crippen LogP contribution in [0.15, 0.2) is 36.5 Å². The van der Waals surface area contributed by atoms with Crippen LogP contribution in [0.4, 0.5) is 0 Å². The molecule has 2 N–H and O–H groups in total. The van der Waals surface area contributed by atoms with Crippen molar-refractivity contribution in [3.63, 3.8) is 0 Å². The maximum atomic E-state index is 12.8. The highest BCUT2D eigenvalue weighted by Crippen LogP contribution is 2.21. The summed E-state index contributed by atoms with van der Waals surface area (Å²) < 4.78 is 1.68. The molecule has 0 radical (unpaired) electrons. The second-order valence-electron chi connectivity index (χ2n) is 7.21. The Labute approximate surface area is 183 Å². The van der Waals surface area contributed by atoms with E-state index in [-0.39, 0.29) is 36.8 Å². The molecule has 1 atom stereocenters.